The van der Waals surface area contributed by atoms with E-state index in [1.54, 1.807) is 30.3 Å². The van der Waals surface area contributed by atoms with Gasteiger partial charge in [-0.15, -0.1) is 0 Å². The van der Waals surface area contributed by atoms with Gasteiger partial charge in [0.25, 0.3) is 0 Å². The number of hydrogen-bond acceptors (Lipinski definition) is 7. The van der Waals surface area contributed by atoms with Crippen LogP contribution in [0, 0.1) is 5.92 Å². The van der Waals surface area contributed by atoms with Crippen molar-refractivity contribution >= 4 is 29.8 Å². The molecule has 10 nitrogen and oxygen atoms in total. The van der Waals surface area contributed by atoms with Crippen molar-refractivity contribution in [2.75, 3.05) is 0 Å². The van der Waals surface area contributed by atoms with E-state index in [0.717, 1.165) is 0 Å². The molecule has 1 aromatic rings. The predicted octanol–water partition coefficient (Wildman–Crippen LogP) is -0.385. The Morgan fingerprint density at radius 2 is 1.93 bits per heavy atom. The Bertz CT molecular complexity index is 763. The second-order valence-electron chi connectivity index (χ2n) is 6.04. The van der Waals surface area contributed by atoms with E-state index in [-0.39, 0.29) is 6.61 Å². The van der Waals surface area contributed by atoms with Gasteiger partial charge in [-0.2, -0.15) is 0 Å². The molecule has 0 bridgehead atoms. The summed E-state index contributed by atoms with van der Waals surface area (Å²) in [5.74, 6) is -5.67. The molecule has 1 aliphatic rings. The molecule has 0 aromatic heterocycles. The van der Waals surface area contributed by atoms with E-state index in [2.05, 4.69) is 0 Å². The van der Waals surface area contributed by atoms with Crippen LogP contribution < -0.4 is 11.1 Å². The topological polar surface area (TPSA) is 156 Å². The highest BCUT2D eigenvalue weighted by atomic mass is 16.6. The molecule has 10 heteroatoms. The SMILES string of the molecule is C[C@H](N)C(=O)N(C(=O)OCc1ccccc1)C(C(=O)O)C1CC(=O)NC1=O. The number of rotatable bonds is 6. The summed E-state index contributed by atoms with van der Waals surface area (Å²) in [6.07, 6.45) is -1.73. The molecule has 27 heavy (non-hydrogen) atoms. The molecule has 0 aliphatic carbocycles. The van der Waals surface area contributed by atoms with Crippen molar-refractivity contribution in [3.05, 3.63) is 35.9 Å². The number of carbonyl (C=O) groups is 5. The van der Waals surface area contributed by atoms with Crippen LogP contribution in [0.3, 0.4) is 0 Å². The maximum absolute atomic E-state index is 12.5. The minimum absolute atomic E-state index is 0.218. The zero-order valence-corrected chi connectivity index (χ0v) is 14.5. The van der Waals surface area contributed by atoms with Gasteiger partial charge in [0.05, 0.1) is 12.0 Å². The predicted molar refractivity (Wildman–Crippen MR) is 89.8 cm³/mol. The van der Waals surface area contributed by atoms with Gasteiger partial charge in [-0.3, -0.25) is 19.7 Å². The number of carbonyl (C=O) groups excluding carboxylic acids is 4. The molecule has 0 radical (unpaired) electrons. The van der Waals surface area contributed by atoms with Crippen LogP contribution in [0.2, 0.25) is 0 Å². The van der Waals surface area contributed by atoms with Crippen molar-refractivity contribution in [3.8, 4) is 0 Å². The van der Waals surface area contributed by atoms with Crippen molar-refractivity contribution < 1.29 is 33.8 Å². The van der Waals surface area contributed by atoms with Crippen LogP contribution in [-0.2, 0) is 30.5 Å². The zero-order valence-electron chi connectivity index (χ0n) is 14.5. The highest BCUT2D eigenvalue weighted by Crippen LogP contribution is 2.22. The second kappa shape index (κ2) is 8.41. The second-order valence-corrected chi connectivity index (χ2v) is 6.04. The number of hydrogen-bond donors (Lipinski definition) is 3. The summed E-state index contributed by atoms with van der Waals surface area (Å²) in [5, 5.41) is 11.5. The van der Waals surface area contributed by atoms with Gasteiger partial charge in [0.1, 0.15) is 6.61 Å². The molecule has 1 aliphatic heterocycles. The lowest BCUT2D eigenvalue weighted by atomic mass is 9.96. The number of nitrogens with two attached hydrogens (primary N) is 1. The molecular formula is C17H19N3O7. The van der Waals surface area contributed by atoms with Crippen LogP contribution in [0.1, 0.15) is 18.9 Å². The summed E-state index contributed by atoms with van der Waals surface area (Å²) in [7, 11) is 0. The van der Waals surface area contributed by atoms with Gasteiger partial charge < -0.3 is 15.6 Å². The average Bonchev–Trinajstić information content (AvgIpc) is 2.95. The molecule has 144 valence electrons. The fraction of sp³-hybridized carbons (Fsp3) is 0.353. The van der Waals surface area contributed by atoms with E-state index in [9.17, 15) is 29.1 Å². The zero-order chi connectivity index (χ0) is 20.1. The Balaban J connectivity index is 2.29. The third-order valence-electron chi connectivity index (χ3n) is 3.95. The monoisotopic (exact) mass is 377 g/mol. The normalized spacial score (nSPS) is 18.4. The quantitative estimate of drug-likeness (QED) is 0.566. The maximum atomic E-state index is 12.5. The molecular weight excluding hydrogens is 358 g/mol. The van der Waals surface area contributed by atoms with Gasteiger partial charge >= 0.3 is 12.1 Å². The molecule has 4 N–H and O–H groups in total. The Kier molecular flexibility index (Phi) is 6.24. The standard InChI is InChI=1S/C17H19N3O7/c1-9(18)15(23)20(17(26)27-8-10-5-3-2-4-6-10)13(16(24)25)11-7-12(21)19-14(11)22/h2-6,9,11,13H,7-8,18H2,1H3,(H,24,25)(H,19,21,22)/t9-,11?,13?/m0/s1. The molecule has 2 rings (SSSR count). The number of nitrogens with one attached hydrogen (secondary N) is 1. The first kappa shape index (κ1) is 20.0. The highest BCUT2D eigenvalue weighted by molar-refractivity contribution is 6.07. The van der Waals surface area contributed by atoms with Crippen molar-refractivity contribution in [3.63, 3.8) is 0 Å². The maximum Gasteiger partial charge on any atom is 0.417 e. The van der Waals surface area contributed by atoms with E-state index in [0.29, 0.717) is 10.5 Å². The summed E-state index contributed by atoms with van der Waals surface area (Å²) in [4.78, 5) is 60.3. The summed E-state index contributed by atoms with van der Waals surface area (Å²) in [6, 6.07) is 5.37. The van der Waals surface area contributed by atoms with Gasteiger partial charge in [-0.05, 0) is 12.5 Å². The van der Waals surface area contributed by atoms with Crippen LogP contribution in [0.4, 0.5) is 4.79 Å². The first-order valence-corrected chi connectivity index (χ1v) is 8.08. The lowest BCUT2D eigenvalue weighted by Gasteiger charge is -2.30. The molecule has 1 fully saturated rings. The van der Waals surface area contributed by atoms with Crippen molar-refractivity contribution in [1.29, 1.82) is 0 Å². The Morgan fingerprint density at radius 3 is 2.41 bits per heavy atom. The van der Waals surface area contributed by atoms with Crippen LogP contribution in [0.5, 0.6) is 0 Å². The first-order valence-electron chi connectivity index (χ1n) is 8.08. The Hall–Kier alpha value is -3.27. The molecule has 3 atom stereocenters. The number of benzene rings is 1. The van der Waals surface area contributed by atoms with E-state index < -0.39 is 54.2 Å². The van der Waals surface area contributed by atoms with Gasteiger partial charge in [-0.1, -0.05) is 30.3 Å². The van der Waals surface area contributed by atoms with E-state index >= 15 is 0 Å². The minimum atomic E-state index is -1.92. The number of amides is 4. The lowest BCUT2D eigenvalue weighted by Crippen LogP contribution is -2.57. The number of ether oxygens (including phenoxy) is 1. The van der Waals surface area contributed by atoms with Crippen molar-refractivity contribution in [2.24, 2.45) is 11.7 Å². The van der Waals surface area contributed by atoms with Gasteiger partial charge in [0.15, 0.2) is 6.04 Å². The minimum Gasteiger partial charge on any atom is -0.480 e. The highest BCUT2D eigenvalue weighted by Gasteiger charge is 2.48. The molecule has 1 aromatic carbocycles. The van der Waals surface area contributed by atoms with Crippen molar-refractivity contribution in [1.82, 2.24) is 10.2 Å². The summed E-state index contributed by atoms with van der Waals surface area (Å²) < 4.78 is 5.04. The molecule has 4 amide bonds. The van der Waals surface area contributed by atoms with E-state index in [4.69, 9.17) is 10.5 Å². The van der Waals surface area contributed by atoms with Gasteiger partial charge in [-0.25, -0.2) is 14.5 Å². The molecule has 0 spiro atoms. The van der Waals surface area contributed by atoms with Crippen LogP contribution in [-0.4, -0.2) is 51.9 Å². The summed E-state index contributed by atoms with van der Waals surface area (Å²) >= 11 is 0. The Labute approximate surface area is 154 Å². The lowest BCUT2D eigenvalue weighted by molar-refractivity contribution is -0.153. The molecule has 1 heterocycles. The largest absolute Gasteiger partial charge is 0.480 e. The Morgan fingerprint density at radius 1 is 1.30 bits per heavy atom. The number of carboxylic acids is 1. The number of carboxylic acid groups (broad SMARTS) is 1. The first-order chi connectivity index (χ1) is 12.7. The summed E-state index contributed by atoms with van der Waals surface area (Å²) in [5.41, 5.74) is 6.13. The van der Waals surface area contributed by atoms with E-state index in [1.807, 2.05) is 5.32 Å². The molecule has 1 saturated heterocycles. The third kappa shape index (κ3) is 4.67. The number of nitrogens with zero attached hydrogens (tertiary/aromatic N) is 1. The van der Waals surface area contributed by atoms with Gasteiger partial charge in [0, 0.05) is 6.42 Å². The number of imide groups is 2. The number of aliphatic carboxylic acids is 1. The molecule has 2 unspecified atom stereocenters. The van der Waals surface area contributed by atoms with Crippen LogP contribution in [0.15, 0.2) is 30.3 Å². The van der Waals surface area contributed by atoms with Crippen LogP contribution >= 0.6 is 0 Å². The van der Waals surface area contributed by atoms with E-state index in [1.165, 1.54) is 6.92 Å². The van der Waals surface area contributed by atoms with Crippen LogP contribution in [0.25, 0.3) is 0 Å². The molecule has 0 saturated carbocycles. The fourth-order valence-corrected chi connectivity index (χ4v) is 2.64. The third-order valence-corrected chi connectivity index (χ3v) is 3.95. The smallest absolute Gasteiger partial charge is 0.417 e. The summed E-state index contributed by atoms with van der Waals surface area (Å²) in [6.45, 7) is 1.04. The van der Waals surface area contributed by atoms with Crippen molar-refractivity contribution in [2.45, 2.75) is 32.0 Å². The average molecular weight is 377 g/mol. The van der Waals surface area contributed by atoms with Gasteiger partial charge in [0.2, 0.25) is 17.7 Å². The fourth-order valence-electron chi connectivity index (χ4n) is 2.64.